The van der Waals surface area contributed by atoms with E-state index >= 15 is 0 Å². The average molecular weight is 191 g/mol. The van der Waals surface area contributed by atoms with E-state index in [9.17, 15) is 0 Å². The lowest BCUT2D eigenvalue weighted by molar-refractivity contribution is 1.46. The fraction of sp³-hybridized carbons (Fsp3) is 0.167. The molecular weight excluding hydrogens is 180 g/mol. The summed E-state index contributed by atoms with van der Waals surface area (Å²) in [5.74, 6) is 0. The second kappa shape index (κ2) is 3.04. The molecule has 0 atom stereocenters. The summed E-state index contributed by atoms with van der Waals surface area (Å²) in [6, 6.07) is 10.4. The highest BCUT2D eigenvalue weighted by Gasteiger charge is 2.03. The van der Waals surface area contributed by atoms with Crippen LogP contribution in [-0.4, -0.2) is 0 Å². The standard InChI is InChI=1S/C12H11Cl/c1-8-7-12(13)9(2)11-6-4-3-5-10(8)11/h3-7H,1-2H3. The monoisotopic (exact) mass is 190 g/mol. The molecule has 0 aliphatic rings. The summed E-state index contributed by atoms with van der Waals surface area (Å²) in [5, 5.41) is 3.41. The lowest BCUT2D eigenvalue weighted by Crippen LogP contribution is -1.83. The molecule has 66 valence electrons. The lowest BCUT2D eigenvalue weighted by Gasteiger charge is -2.06. The summed E-state index contributed by atoms with van der Waals surface area (Å²) in [6.45, 7) is 4.15. The maximum Gasteiger partial charge on any atom is 0.0444 e. The van der Waals surface area contributed by atoms with Crippen LogP contribution in [0.25, 0.3) is 10.8 Å². The van der Waals surface area contributed by atoms with Gasteiger partial charge in [0.25, 0.3) is 0 Å². The Bertz CT molecular complexity index is 458. The van der Waals surface area contributed by atoms with Gasteiger partial charge in [0.1, 0.15) is 0 Å². The molecule has 0 spiro atoms. The molecule has 0 heterocycles. The minimum absolute atomic E-state index is 0.858. The van der Waals surface area contributed by atoms with E-state index < -0.39 is 0 Å². The Kier molecular flexibility index (Phi) is 2.01. The highest BCUT2D eigenvalue weighted by Crippen LogP contribution is 2.27. The molecule has 0 fully saturated rings. The topological polar surface area (TPSA) is 0 Å². The van der Waals surface area contributed by atoms with Gasteiger partial charge < -0.3 is 0 Å². The van der Waals surface area contributed by atoms with E-state index in [1.807, 2.05) is 12.1 Å². The SMILES string of the molecule is Cc1cc(Cl)c(C)c2ccccc12. The van der Waals surface area contributed by atoms with Crippen LogP contribution in [-0.2, 0) is 0 Å². The van der Waals surface area contributed by atoms with Gasteiger partial charge in [0, 0.05) is 5.02 Å². The van der Waals surface area contributed by atoms with Gasteiger partial charge in [-0.3, -0.25) is 0 Å². The highest BCUT2D eigenvalue weighted by molar-refractivity contribution is 6.32. The van der Waals surface area contributed by atoms with Gasteiger partial charge in [0.2, 0.25) is 0 Å². The summed E-state index contributed by atoms with van der Waals surface area (Å²) >= 11 is 6.09. The molecule has 0 aliphatic heterocycles. The van der Waals surface area contributed by atoms with Gasteiger partial charge in [-0.25, -0.2) is 0 Å². The Morgan fingerprint density at radius 3 is 2.31 bits per heavy atom. The Morgan fingerprint density at radius 1 is 1.00 bits per heavy atom. The number of benzene rings is 2. The molecule has 0 radical (unpaired) electrons. The molecule has 0 saturated heterocycles. The molecular formula is C12H11Cl. The second-order valence-electron chi connectivity index (χ2n) is 3.35. The van der Waals surface area contributed by atoms with E-state index in [0.29, 0.717) is 0 Å². The molecule has 2 aromatic carbocycles. The van der Waals surface area contributed by atoms with Crippen molar-refractivity contribution in [3.8, 4) is 0 Å². The van der Waals surface area contributed by atoms with Crippen molar-refractivity contribution in [2.45, 2.75) is 13.8 Å². The smallest absolute Gasteiger partial charge is 0.0444 e. The lowest BCUT2D eigenvalue weighted by atomic mass is 10.0. The fourth-order valence-electron chi connectivity index (χ4n) is 1.66. The van der Waals surface area contributed by atoms with Crippen molar-refractivity contribution in [1.82, 2.24) is 0 Å². The van der Waals surface area contributed by atoms with Crippen molar-refractivity contribution in [1.29, 1.82) is 0 Å². The van der Waals surface area contributed by atoms with Crippen LogP contribution >= 0.6 is 11.6 Å². The molecule has 13 heavy (non-hydrogen) atoms. The van der Waals surface area contributed by atoms with E-state index in [4.69, 9.17) is 11.6 Å². The highest BCUT2D eigenvalue weighted by atomic mass is 35.5. The van der Waals surface area contributed by atoms with Crippen molar-refractivity contribution >= 4 is 22.4 Å². The molecule has 0 aromatic heterocycles. The van der Waals surface area contributed by atoms with E-state index in [0.717, 1.165) is 5.02 Å². The van der Waals surface area contributed by atoms with Crippen LogP contribution in [0.3, 0.4) is 0 Å². The van der Waals surface area contributed by atoms with Gasteiger partial charge in [-0.15, -0.1) is 0 Å². The van der Waals surface area contributed by atoms with Crippen molar-refractivity contribution in [2.24, 2.45) is 0 Å². The van der Waals surface area contributed by atoms with Crippen LogP contribution in [0.4, 0.5) is 0 Å². The first kappa shape index (κ1) is 8.58. The minimum atomic E-state index is 0.858. The third-order valence-electron chi connectivity index (χ3n) is 2.46. The molecule has 0 bridgehead atoms. The van der Waals surface area contributed by atoms with Gasteiger partial charge >= 0.3 is 0 Å². The first-order valence-electron chi connectivity index (χ1n) is 4.34. The average Bonchev–Trinajstić information content (AvgIpc) is 2.15. The number of rotatable bonds is 0. The first-order valence-corrected chi connectivity index (χ1v) is 4.72. The molecule has 0 nitrogen and oxygen atoms in total. The second-order valence-corrected chi connectivity index (χ2v) is 3.75. The van der Waals surface area contributed by atoms with Crippen molar-refractivity contribution in [3.63, 3.8) is 0 Å². The Labute approximate surface area is 83.1 Å². The molecule has 0 aliphatic carbocycles. The van der Waals surface area contributed by atoms with E-state index in [-0.39, 0.29) is 0 Å². The third kappa shape index (κ3) is 1.31. The fourth-order valence-corrected chi connectivity index (χ4v) is 1.92. The zero-order chi connectivity index (χ0) is 9.42. The molecule has 0 saturated carbocycles. The molecule has 0 unspecified atom stereocenters. The summed E-state index contributed by atoms with van der Waals surface area (Å²) in [5.41, 5.74) is 2.41. The van der Waals surface area contributed by atoms with Gasteiger partial charge in [-0.1, -0.05) is 35.9 Å². The van der Waals surface area contributed by atoms with Crippen LogP contribution in [0, 0.1) is 13.8 Å². The van der Waals surface area contributed by atoms with Crippen LogP contribution in [0.1, 0.15) is 11.1 Å². The van der Waals surface area contributed by atoms with Crippen LogP contribution < -0.4 is 0 Å². The van der Waals surface area contributed by atoms with Crippen molar-refractivity contribution < 1.29 is 0 Å². The largest absolute Gasteiger partial charge is 0.0840 e. The maximum absolute atomic E-state index is 6.09. The third-order valence-corrected chi connectivity index (χ3v) is 2.85. The number of halogens is 1. The van der Waals surface area contributed by atoms with Gasteiger partial charge in [-0.05, 0) is 41.8 Å². The summed E-state index contributed by atoms with van der Waals surface area (Å²) in [7, 11) is 0. The van der Waals surface area contributed by atoms with Gasteiger partial charge in [0.15, 0.2) is 0 Å². The molecule has 0 amide bonds. The quantitative estimate of drug-likeness (QED) is 0.587. The molecule has 2 rings (SSSR count). The Hall–Kier alpha value is -1.01. The van der Waals surface area contributed by atoms with E-state index in [1.165, 1.54) is 21.9 Å². The minimum Gasteiger partial charge on any atom is -0.0840 e. The predicted molar refractivity (Wildman–Crippen MR) is 58.4 cm³/mol. The zero-order valence-corrected chi connectivity index (χ0v) is 8.52. The van der Waals surface area contributed by atoms with Crippen LogP contribution in [0.2, 0.25) is 5.02 Å². The van der Waals surface area contributed by atoms with Crippen LogP contribution in [0.5, 0.6) is 0 Å². The molecule has 2 aromatic rings. The Morgan fingerprint density at radius 2 is 1.62 bits per heavy atom. The first-order chi connectivity index (χ1) is 6.20. The number of hydrogen-bond donors (Lipinski definition) is 0. The number of aryl methyl sites for hydroxylation is 2. The maximum atomic E-state index is 6.09. The number of fused-ring (bicyclic) bond motifs is 1. The Balaban J connectivity index is 2.97. The van der Waals surface area contributed by atoms with Crippen molar-refractivity contribution in [2.75, 3.05) is 0 Å². The molecule has 1 heteroatoms. The van der Waals surface area contributed by atoms with Gasteiger partial charge in [0.05, 0.1) is 0 Å². The summed E-state index contributed by atoms with van der Waals surface area (Å²) in [6.07, 6.45) is 0. The normalized spacial score (nSPS) is 10.7. The van der Waals surface area contributed by atoms with E-state index in [1.54, 1.807) is 0 Å². The van der Waals surface area contributed by atoms with Crippen LogP contribution in [0.15, 0.2) is 30.3 Å². The molecule has 0 N–H and O–H groups in total. The van der Waals surface area contributed by atoms with Crippen molar-refractivity contribution in [3.05, 3.63) is 46.5 Å². The number of hydrogen-bond acceptors (Lipinski definition) is 0. The summed E-state index contributed by atoms with van der Waals surface area (Å²) in [4.78, 5) is 0. The predicted octanol–water partition coefficient (Wildman–Crippen LogP) is 4.11. The van der Waals surface area contributed by atoms with E-state index in [2.05, 4.69) is 32.0 Å². The van der Waals surface area contributed by atoms with Gasteiger partial charge in [-0.2, -0.15) is 0 Å². The zero-order valence-electron chi connectivity index (χ0n) is 7.76. The summed E-state index contributed by atoms with van der Waals surface area (Å²) < 4.78 is 0.